The number of hydrogen-bond acceptors (Lipinski definition) is 5. The molecule has 0 radical (unpaired) electrons. The van der Waals surface area contributed by atoms with E-state index in [1.165, 1.54) is 12.1 Å². The molecule has 5 nitrogen and oxygen atoms in total. The minimum Gasteiger partial charge on any atom is -0.496 e. The summed E-state index contributed by atoms with van der Waals surface area (Å²) in [6.07, 6.45) is 0. The molecule has 0 atom stereocenters. The lowest BCUT2D eigenvalue weighted by Gasteiger charge is -2.08. The standard InChI is InChI=1S/C15H15NO4S/c1-19-14-7-2-3-8-15(14)21-10-9-20-13-6-4-5-12(11-13)16(17)18/h2-8,11H,9-10H2,1H3. The van der Waals surface area contributed by atoms with Crippen molar-refractivity contribution in [3.63, 3.8) is 0 Å². The van der Waals surface area contributed by atoms with Crippen molar-refractivity contribution in [2.24, 2.45) is 0 Å². The molecule has 0 amide bonds. The van der Waals surface area contributed by atoms with Crippen molar-refractivity contribution in [1.29, 1.82) is 0 Å². The van der Waals surface area contributed by atoms with Gasteiger partial charge in [0.05, 0.1) is 24.7 Å². The first-order chi connectivity index (χ1) is 10.2. The van der Waals surface area contributed by atoms with E-state index < -0.39 is 4.92 Å². The second-order valence-corrected chi connectivity index (χ2v) is 5.24. The number of benzene rings is 2. The van der Waals surface area contributed by atoms with Gasteiger partial charge in [0.15, 0.2) is 0 Å². The third kappa shape index (κ3) is 4.39. The monoisotopic (exact) mass is 305 g/mol. The molecular weight excluding hydrogens is 290 g/mol. The maximum atomic E-state index is 10.7. The molecule has 2 aromatic rings. The van der Waals surface area contributed by atoms with E-state index >= 15 is 0 Å². The number of para-hydroxylation sites is 1. The summed E-state index contributed by atoms with van der Waals surface area (Å²) in [4.78, 5) is 11.3. The van der Waals surface area contributed by atoms with Crippen LogP contribution in [0.1, 0.15) is 0 Å². The molecule has 6 heteroatoms. The number of nitro groups is 1. The van der Waals surface area contributed by atoms with Gasteiger partial charge in [0.1, 0.15) is 11.5 Å². The van der Waals surface area contributed by atoms with Gasteiger partial charge in [-0.25, -0.2) is 0 Å². The Kier molecular flexibility index (Phi) is 5.45. The van der Waals surface area contributed by atoms with Gasteiger partial charge in [-0.15, -0.1) is 11.8 Å². The second-order valence-electron chi connectivity index (χ2n) is 4.10. The van der Waals surface area contributed by atoms with Crippen LogP contribution in [-0.2, 0) is 0 Å². The highest BCUT2D eigenvalue weighted by Crippen LogP contribution is 2.28. The van der Waals surface area contributed by atoms with Crippen LogP contribution in [0.25, 0.3) is 0 Å². The van der Waals surface area contributed by atoms with E-state index in [9.17, 15) is 10.1 Å². The summed E-state index contributed by atoms with van der Waals surface area (Å²) in [6.45, 7) is 0.462. The van der Waals surface area contributed by atoms with E-state index in [2.05, 4.69) is 0 Å². The predicted molar refractivity (Wildman–Crippen MR) is 82.3 cm³/mol. The van der Waals surface area contributed by atoms with E-state index in [1.54, 1.807) is 31.0 Å². The van der Waals surface area contributed by atoms with Crippen molar-refractivity contribution in [3.8, 4) is 11.5 Å². The van der Waals surface area contributed by atoms with E-state index in [0.717, 1.165) is 16.4 Å². The fourth-order valence-electron chi connectivity index (χ4n) is 1.74. The molecule has 0 N–H and O–H groups in total. The van der Waals surface area contributed by atoms with Crippen LogP contribution in [0, 0.1) is 10.1 Å². The Morgan fingerprint density at radius 1 is 1.19 bits per heavy atom. The fraction of sp³-hybridized carbons (Fsp3) is 0.200. The van der Waals surface area contributed by atoms with Crippen molar-refractivity contribution >= 4 is 17.4 Å². The van der Waals surface area contributed by atoms with Crippen molar-refractivity contribution in [2.45, 2.75) is 4.90 Å². The third-order valence-corrected chi connectivity index (χ3v) is 3.73. The number of nitrogens with zero attached hydrogens (tertiary/aromatic N) is 1. The summed E-state index contributed by atoms with van der Waals surface area (Å²) in [5.41, 5.74) is 0.0323. The maximum Gasteiger partial charge on any atom is 0.273 e. The number of thioether (sulfide) groups is 1. The Balaban J connectivity index is 1.85. The van der Waals surface area contributed by atoms with E-state index in [1.807, 2.05) is 24.3 Å². The second kappa shape index (κ2) is 7.54. The lowest BCUT2D eigenvalue weighted by Crippen LogP contribution is -2.00. The number of nitro benzene ring substituents is 1. The van der Waals surface area contributed by atoms with Gasteiger partial charge in [-0.2, -0.15) is 0 Å². The van der Waals surface area contributed by atoms with Crippen LogP contribution in [0.15, 0.2) is 53.4 Å². The quantitative estimate of drug-likeness (QED) is 0.337. The average molecular weight is 305 g/mol. The molecule has 0 heterocycles. The zero-order chi connectivity index (χ0) is 15.1. The van der Waals surface area contributed by atoms with Gasteiger partial charge >= 0.3 is 0 Å². The van der Waals surface area contributed by atoms with Gasteiger partial charge in [0.25, 0.3) is 5.69 Å². The van der Waals surface area contributed by atoms with Crippen LogP contribution < -0.4 is 9.47 Å². The van der Waals surface area contributed by atoms with E-state index in [4.69, 9.17) is 9.47 Å². The Morgan fingerprint density at radius 2 is 2.00 bits per heavy atom. The average Bonchev–Trinajstić information content (AvgIpc) is 2.52. The lowest BCUT2D eigenvalue weighted by atomic mass is 10.3. The van der Waals surface area contributed by atoms with Crippen molar-refractivity contribution in [1.82, 2.24) is 0 Å². The number of non-ortho nitro benzene ring substituents is 1. The van der Waals surface area contributed by atoms with Crippen LogP contribution in [0.3, 0.4) is 0 Å². The van der Waals surface area contributed by atoms with Crippen LogP contribution in [0.4, 0.5) is 5.69 Å². The van der Waals surface area contributed by atoms with Gasteiger partial charge in [-0.05, 0) is 18.2 Å². The molecular formula is C15H15NO4S. The molecule has 110 valence electrons. The Labute approximate surface area is 127 Å². The zero-order valence-corrected chi connectivity index (χ0v) is 12.3. The van der Waals surface area contributed by atoms with Gasteiger partial charge < -0.3 is 9.47 Å². The first-order valence-electron chi connectivity index (χ1n) is 6.34. The minimum absolute atomic E-state index is 0.0323. The number of methoxy groups -OCH3 is 1. The summed E-state index contributed by atoms with van der Waals surface area (Å²) in [6, 6.07) is 13.9. The number of hydrogen-bond donors (Lipinski definition) is 0. The van der Waals surface area contributed by atoms with Gasteiger partial charge in [0, 0.05) is 16.7 Å². The topological polar surface area (TPSA) is 61.6 Å². The lowest BCUT2D eigenvalue weighted by molar-refractivity contribution is -0.384. The molecule has 0 aliphatic heterocycles. The van der Waals surface area contributed by atoms with Crippen molar-refractivity contribution in [3.05, 3.63) is 58.6 Å². The van der Waals surface area contributed by atoms with Gasteiger partial charge in [-0.3, -0.25) is 10.1 Å². The van der Waals surface area contributed by atoms with Crippen LogP contribution in [0.2, 0.25) is 0 Å². The minimum atomic E-state index is -0.434. The SMILES string of the molecule is COc1ccccc1SCCOc1cccc([N+](=O)[O-])c1. The van der Waals surface area contributed by atoms with Crippen LogP contribution >= 0.6 is 11.8 Å². The highest BCUT2D eigenvalue weighted by molar-refractivity contribution is 7.99. The third-order valence-electron chi connectivity index (χ3n) is 2.71. The summed E-state index contributed by atoms with van der Waals surface area (Å²) < 4.78 is 10.8. The summed E-state index contributed by atoms with van der Waals surface area (Å²) >= 11 is 1.62. The van der Waals surface area contributed by atoms with E-state index in [0.29, 0.717) is 12.4 Å². The van der Waals surface area contributed by atoms with Gasteiger partial charge in [-0.1, -0.05) is 18.2 Å². The highest BCUT2D eigenvalue weighted by atomic mass is 32.2. The van der Waals surface area contributed by atoms with Crippen molar-refractivity contribution < 1.29 is 14.4 Å². The maximum absolute atomic E-state index is 10.7. The highest BCUT2D eigenvalue weighted by Gasteiger charge is 2.06. The molecule has 0 bridgehead atoms. The first-order valence-corrected chi connectivity index (χ1v) is 7.32. The van der Waals surface area contributed by atoms with Crippen molar-refractivity contribution in [2.75, 3.05) is 19.5 Å². The zero-order valence-electron chi connectivity index (χ0n) is 11.5. The molecule has 0 saturated heterocycles. The molecule has 0 saturated carbocycles. The largest absolute Gasteiger partial charge is 0.496 e. The Morgan fingerprint density at radius 3 is 2.76 bits per heavy atom. The molecule has 0 unspecified atom stereocenters. The molecule has 0 spiro atoms. The summed E-state index contributed by atoms with van der Waals surface area (Å²) in [5.74, 6) is 2.06. The Hall–Kier alpha value is -2.21. The summed E-state index contributed by atoms with van der Waals surface area (Å²) in [7, 11) is 1.64. The molecule has 0 aromatic heterocycles. The molecule has 21 heavy (non-hydrogen) atoms. The number of rotatable bonds is 7. The molecule has 0 fully saturated rings. The van der Waals surface area contributed by atoms with E-state index in [-0.39, 0.29) is 5.69 Å². The molecule has 0 aliphatic carbocycles. The van der Waals surface area contributed by atoms with Crippen LogP contribution in [0.5, 0.6) is 11.5 Å². The van der Waals surface area contributed by atoms with Crippen LogP contribution in [-0.4, -0.2) is 24.4 Å². The Bertz CT molecular complexity index is 618. The molecule has 0 aliphatic rings. The van der Waals surface area contributed by atoms with Gasteiger partial charge in [0.2, 0.25) is 0 Å². The number of ether oxygens (including phenoxy) is 2. The fourth-order valence-corrected chi connectivity index (χ4v) is 2.59. The first kappa shape index (κ1) is 15.2. The molecule has 2 aromatic carbocycles. The smallest absolute Gasteiger partial charge is 0.273 e. The molecule has 2 rings (SSSR count). The predicted octanol–water partition coefficient (Wildman–Crippen LogP) is 3.77. The normalized spacial score (nSPS) is 10.1. The summed E-state index contributed by atoms with van der Waals surface area (Å²) in [5, 5.41) is 10.7.